The number of anilines is 1. The van der Waals surface area contributed by atoms with Gasteiger partial charge in [0, 0.05) is 13.2 Å². The number of hydrogen-bond acceptors (Lipinski definition) is 9. The maximum Gasteiger partial charge on any atom is 0.259 e. The summed E-state index contributed by atoms with van der Waals surface area (Å²) in [6.45, 7) is 1.62. The number of halogens is 1. The maximum atomic E-state index is 6.16. The third kappa shape index (κ3) is 4.35. The Balaban J connectivity index is 1.31. The second-order valence-corrected chi connectivity index (χ2v) is 8.28. The van der Waals surface area contributed by atoms with Crippen molar-refractivity contribution < 1.29 is 9.26 Å². The molecule has 4 rings (SSSR count). The van der Waals surface area contributed by atoms with E-state index >= 15 is 0 Å². The third-order valence-electron chi connectivity index (χ3n) is 3.81. The van der Waals surface area contributed by atoms with Gasteiger partial charge in [-0.15, -0.1) is 10.2 Å². The van der Waals surface area contributed by atoms with Gasteiger partial charge in [0.25, 0.3) is 5.89 Å². The molecule has 1 aliphatic rings. The standard InChI is InChI=1S/C16H16ClN5O2S2/c17-12-6-2-1-5-11(12)14-19-13(22-24-14)9-25-16-21-20-15(26-16)18-8-10-4-3-7-23-10/h1-2,5-6,10H,3-4,7-9H2,(H,18,20). The molecule has 1 aliphatic heterocycles. The van der Waals surface area contributed by atoms with Gasteiger partial charge in [0.15, 0.2) is 10.2 Å². The van der Waals surface area contributed by atoms with Gasteiger partial charge in [0.2, 0.25) is 5.13 Å². The first-order chi connectivity index (χ1) is 12.8. The average Bonchev–Trinajstić information content (AvgIpc) is 3.40. The van der Waals surface area contributed by atoms with Crippen LogP contribution in [-0.4, -0.2) is 39.6 Å². The number of ether oxygens (including phenoxy) is 1. The van der Waals surface area contributed by atoms with E-state index in [0.29, 0.717) is 22.5 Å². The van der Waals surface area contributed by atoms with Crippen LogP contribution in [0, 0.1) is 0 Å². The lowest BCUT2D eigenvalue weighted by molar-refractivity contribution is 0.120. The summed E-state index contributed by atoms with van der Waals surface area (Å²) in [6, 6.07) is 7.39. The molecule has 26 heavy (non-hydrogen) atoms. The summed E-state index contributed by atoms with van der Waals surface area (Å²) >= 11 is 9.18. The fourth-order valence-electron chi connectivity index (χ4n) is 2.53. The van der Waals surface area contributed by atoms with E-state index in [2.05, 4.69) is 25.7 Å². The highest BCUT2D eigenvalue weighted by atomic mass is 35.5. The number of rotatable bonds is 7. The fourth-order valence-corrected chi connectivity index (χ4v) is 4.35. The van der Waals surface area contributed by atoms with Crippen LogP contribution in [0.1, 0.15) is 18.7 Å². The molecule has 1 saturated heterocycles. The van der Waals surface area contributed by atoms with E-state index < -0.39 is 0 Å². The Morgan fingerprint density at radius 1 is 1.31 bits per heavy atom. The van der Waals surface area contributed by atoms with Crippen molar-refractivity contribution in [3.8, 4) is 11.5 Å². The van der Waals surface area contributed by atoms with Gasteiger partial charge in [0.1, 0.15) is 0 Å². The van der Waals surface area contributed by atoms with E-state index in [0.717, 1.165) is 41.0 Å². The van der Waals surface area contributed by atoms with Crippen LogP contribution >= 0.6 is 34.7 Å². The Bertz CT molecular complexity index is 866. The van der Waals surface area contributed by atoms with E-state index in [-0.39, 0.29) is 6.10 Å². The number of thioether (sulfide) groups is 1. The summed E-state index contributed by atoms with van der Waals surface area (Å²) in [5, 5.41) is 17.0. The highest BCUT2D eigenvalue weighted by Gasteiger charge is 2.16. The zero-order chi connectivity index (χ0) is 17.8. The van der Waals surface area contributed by atoms with Crippen molar-refractivity contribution >= 4 is 39.8 Å². The van der Waals surface area contributed by atoms with Crippen molar-refractivity contribution in [2.24, 2.45) is 0 Å². The molecule has 0 bridgehead atoms. The van der Waals surface area contributed by atoms with Crippen LogP contribution in [0.2, 0.25) is 5.02 Å². The first-order valence-corrected chi connectivity index (χ1v) is 10.4. The molecule has 1 unspecified atom stereocenters. The summed E-state index contributed by atoms with van der Waals surface area (Å²) in [5.41, 5.74) is 0.731. The Kier molecular flexibility index (Phi) is 5.68. The van der Waals surface area contributed by atoms with E-state index in [1.165, 1.54) is 23.1 Å². The minimum absolute atomic E-state index is 0.276. The van der Waals surface area contributed by atoms with Crippen LogP contribution in [0.15, 0.2) is 33.1 Å². The molecule has 7 nitrogen and oxygen atoms in total. The van der Waals surface area contributed by atoms with Gasteiger partial charge in [-0.05, 0) is 25.0 Å². The molecule has 136 valence electrons. The minimum atomic E-state index is 0.276. The van der Waals surface area contributed by atoms with Crippen molar-refractivity contribution in [2.45, 2.75) is 29.0 Å². The monoisotopic (exact) mass is 409 g/mol. The zero-order valence-electron chi connectivity index (χ0n) is 13.7. The molecule has 1 N–H and O–H groups in total. The summed E-state index contributed by atoms with van der Waals surface area (Å²) in [5.74, 6) is 1.56. The topological polar surface area (TPSA) is 86.0 Å². The van der Waals surface area contributed by atoms with Crippen LogP contribution in [-0.2, 0) is 10.5 Å². The van der Waals surface area contributed by atoms with Crippen LogP contribution in [0.4, 0.5) is 5.13 Å². The van der Waals surface area contributed by atoms with Crippen LogP contribution < -0.4 is 5.32 Å². The number of hydrogen-bond donors (Lipinski definition) is 1. The van der Waals surface area contributed by atoms with E-state index in [1.807, 2.05) is 18.2 Å². The van der Waals surface area contributed by atoms with Crippen LogP contribution in [0.5, 0.6) is 0 Å². The molecule has 0 saturated carbocycles. The molecule has 0 spiro atoms. The van der Waals surface area contributed by atoms with Crippen LogP contribution in [0.25, 0.3) is 11.5 Å². The molecule has 1 atom stereocenters. The van der Waals surface area contributed by atoms with Crippen LogP contribution in [0.3, 0.4) is 0 Å². The molecule has 3 heterocycles. The first kappa shape index (κ1) is 17.7. The van der Waals surface area contributed by atoms with Gasteiger partial charge in [-0.3, -0.25) is 0 Å². The van der Waals surface area contributed by atoms with Gasteiger partial charge in [0.05, 0.1) is 22.4 Å². The Morgan fingerprint density at radius 2 is 2.23 bits per heavy atom. The smallest absolute Gasteiger partial charge is 0.259 e. The summed E-state index contributed by atoms with van der Waals surface area (Å²) in [7, 11) is 0. The average molecular weight is 410 g/mol. The Morgan fingerprint density at radius 3 is 3.08 bits per heavy atom. The zero-order valence-corrected chi connectivity index (χ0v) is 16.1. The van der Waals surface area contributed by atoms with E-state index in [1.54, 1.807) is 6.07 Å². The van der Waals surface area contributed by atoms with Gasteiger partial charge in [-0.1, -0.05) is 52.0 Å². The molecular weight excluding hydrogens is 394 g/mol. The molecule has 10 heteroatoms. The quantitative estimate of drug-likeness (QED) is 0.583. The van der Waals surface area contributed by atoms with Gasteiger partial charge in [-0.25, -0.2) is 0 Å². The lowest BCUT2D eigenvalue weighted by atomic mass is 10.2. The summed E-state index contributed by atoms with van der Waals surface area (Å²) in [6.07, 6.45) is 2.50. The molecule has 0 aliphatic carbocycles. The minimum Gasteiger partial charge on any atom is -0.376 e. The largest absolute Gasteiger partial charge is 0.376 e. The number of nitrogens with zero attached hydrogens (tertiary/aromatic N) is 4. The fraction of sp³-hybridized carbons (Fsp3) is 0.375. The number of nitrogens with one attached hydrogen (secondary N) is 1. The summed E-state index contributed by atoms with van der Waals surface area (Å²) in [4.78, 5) is 4.39. The Hall–Kier alpha value is -1.68. The highest BCUT2D eigenvalue weighted by Crippen LogP contribution is 2.30. The normalized spacial score (nSPS) is 16.9. The van der Waals surface area contributed by atoms with Crippen molar-refractivity contribution in [1.82, 2.24) is 20.3 Å². The molecule has 0 amide bonds. The molecule has 0 radical (unpaired) electrons. The lowest BCUT2D eigenvalue weighted by Gasteiger charge is -2.08. The SMILES string of the molecule is Clc1ccccc1-c1nc(CSc2nnc(NCC3CCCO3)s2)no1. The predicted molar refractivity (Wildman–Crippen MR) is 102 cm³/mol. The van der Waals surface area contributed by atoms with Gasteiger partial charge >= 0.3 is 0 Å². The van der Waals surface area contributed by atoms with Crippen molar-refractivity contribution in [3.05, 3.63) is 35.1 Å². The van der Waals surface area contributed by atoms with Gasteiger partial charge < -0.3 is 14.6 Å². The molecule has 1 aromatic carbocycles. The second-order valence-electron chi connectivity index (χ2n) is 5.67. The van der Waals surface area contributed by atoms with Crippen molar-refractivity contribution in [2.75, 3.05) is 18.5 Å². The lowest BCUT2D eigenvalue weighted by Crippen LogP contribution is -2.18. The van der Waals surface area contributed by atoms with Crippen molar-refractivity contribution in [3.63, 3.8) is 0 Å². The van der Waals surface area contributed by atoms with Gasteiger partial charge in [-0.2, -0.15) is 4.98 Å². The first-order valence-electron chi connectivity index (χ1n) is 8.17. The Labute approximate surface area is 163 Å². The third-order valence-corrected chi connectivity index (χ3v) is 6.15. The molecule has 2 aromatic heterocycles. The number of benzene rings is 1. The maximum absolute atomic E-state index is 6.16. The van der Waals surface area contributed by atoms with E-state index in [4.69, 9.17) is 20.9 Å². The number of aromatic nitrogens is 4. The van der Waals surface area contributed by atoms with Crippen molar-refractivity contribution in [1.29, 1.82) is 0 Å². The molecule has 1 fully saturated rings. The second kappa shape index (κ2) is 8.34. The molecular formula is C16H16ClN5O2S2. The van der Waals surface area contributed by atoms with E-state index in [9.17, 15) is 0 Å². The molecule has 3 aromatic rings. The summed E-state index contributed by atoms with van der Waals surface area (Å²) < 4.78 is 11.7. The predicted octanol–water partition coefficient (Wildman–Crippen LogP) is 4.12. The highest BCUT2D eigenvalue weighted by molar-refractivity contribution is 8.00.